The maximum absolute atomic E-state index is 12.9. The summed E-state index contributed by atoms with van der Waals surface area (Å²) in [5.41, 5.74) is 0. The Morgan fingerprint density at radius 1 is 0.900 bits per heavy atom. The van der Waals surface area contributed by atoms with E-state index in [9.17, 15) is 48.3 Å². The lowest BCUT2D eigenvalue weighted by atomic mass is 9.92. The first-order chi connectivity index (χ1) is 8.51. The van der Waals surface area contributed by atoms with E-state index in [1.807, 2.05) is 0 Å². The van der Waals surface area contributed by atoms with Crippen molar-refractivity contribution in [3.8, 4) is 0 Å². The van der Waals surface area contributed by atoms with Gasteiger partial charge in [-0.1, -0.05) is 6.92 Å². The molecule has 0 amide bonds. The quantitative estimate of drug-likeness (QED) is 0.760. The minimum absolute atomic E-state index is 0.276. The van der Waals surface area contributed by atoms with E-state index in [1.54, 1.807) is 0 Å². The standard InChI is InChI=1S/C8H6F11O/c1-2(7(15,16)17)3(9)5(12,13)8(18,19)6(14,20)4(10)11/h2-3,20H,1H3. The van der Waals surface area contributed by atoms with Crippen LogP contribution < -0.4 is 0 Å². The molecule has 0 saturated heterocycles. The van der Waals surface area contributed by atoms with Gasteiger partial charge < -0.3 is 5.11 Å². The zero-order valence-corrected chi connectivity index (χ0v) is 9.26. The third kappa shape index (κ3) is 2.93. The zero-order chi connectivity index (χ0) is 16.7. The molecule has 3 atom stereocenters. The van der Waals surface area contributed by atoms with Crippen molar-refractivity contribution in [3.05, 3.63) is 6.43 Å². The molecule has 0 bridgehead atoms. The Bertz CT molecular complexity index is 334. The molecular formula is C8H6F11O. The monoisotopic (exact) mass is 327 g/mol. The van der Waals surface area contributed by atoms with Crippen LogP contribution >= 0.6 is 0 Å². The summed E-state index contributed by atoms with van der Waals surface area (Å²) < 4.78 is 136. The Kier molecular flexibility index (Phi) is 4.98. The van der Waals surface area contributed by atoms with Gasteiger partial charge in [0, 0.05) is 0 Å². The third-order valence-electron chi connectivity index (χ3n) is 2.39. The molecule has 0 aromatic heterocycles. The van der Waals surface area contributed by atoms with Crippen LogP contribution in [0.2, 0.25) is 0 Å². The Balaban J connectivity index is 5.62. The van der Waals surface area contributed by atoms with Crippen LogP contribution in [0, 0.1) is 12.3 Å². The summed E-state index contributed by atoms with van der Waals surface area (Å²) in [6, 6.07) is 0. The highest BCUT2D eigenvalue weighted by Crippen LogP contribution is 2.52. The Hall–Kier alpha value is -0.810. The van der Waals surface area contributed by atoms with Crippen molar-refractivity contribution in [1.82, 2.24) is 0 Å². The van der Waals surface area contributed by atoms with Gasteiger partial charge in [-0.2, -0.15) is 43.9 Å². The normalized spacial score (nSPS) is 20.7. The Labute approximate surface area is 104 Å². The molecule has 0 aliphatic carbocycles. The summed E-state index contributed by atoms with van der Waals surface area (Å²) in [5.74, 6) is -23.4. The number of alkyl halides is 9. The third-order valence-corrected chi connectivity index (χ3v) is 2.39. The molecule has 20 heavy (non-hydrogen) atoms. The van der Waals surface area contributed by atoms with Crippen molar-refractivity contribution in [2.75, 3.05) is 0 Å². The molecule has 121 valence electrons. The fourth-order valence-electron chi connectivity index (χ4n) is 0.993. The summed E-state index contributed by atoms with van der Waals surface area (Å²) in [4.78, 5) is 0. The number of rotatable bonds is 5. The van der Waals surface area contributed by atoms with Crippen molar-refractivity contribution in [3.63, 3.8) is 0 Å². The van der Waals surface area contributed by atoms with Crippen LogP contribution in [0.4, 0.5) is 48.3 Å². The lowest BCUT2D eigenvalue weighted by Crippen LogP contribution is -2.63. The van der Waals surface area contributed by atoms with E-state index in [2.05, 4.69) is 0 Å². The first-order valence-electron chi connectivity index (χ1n) is 4.57. The molecule has 12 heteroatoms. The zero-order valence-electron chi connectivity index (χ0n) is 9.26. The maximum Gasteiger partial charge on any atom is 0.394 e. The van der Waals surface area contributed by atoms with Gasteiger partial charge in [0.1, 0.15) is 0 Å². The summed E-state index contributed by atoms with van der Waals surface area (Å²) in [5, 5.41) is 7.96. The molecule has 0 aliphatic heterocycles. The molecule has 0 fully saturated rings. The fraction of sp³-hybridized carbons (Fsp3) is 0.875. The van der Waals surface area contributed by atoms with Gasteiger partial charge in [0.25, 0.3) is 0 Å². The molecule has 0 aromatic carbocycles. The van der Waals surface area contributed by atoms with Crippen LogP contribution in [0.15, 0.2) is 0 Å². The second-order valence-electron chi connectivity index (χ2n) is 3.81. The highest BCUT2D eigenvalue weighted by Gasteiger charge is 2.78. The molecule has 3 unspecified atom stereocenters. The molecule has 0 spiro atoms. The highest BCUT2D eigenvalue weighted by atomic mass is 19.4. The van der Waals surface area contributed by atoms with Gasteiger partial charge in [-0.05, 0) is 0 Å². The van der Waals surface area contributed by atoms with E-state index < -0.39 is 42.4 Å². The number of hydrogen-bond acceptors (Lipinski definition) is 1. The van der Waals surface area contributed by atoms with Crippen molar-refractivity contribution in [2.24, 2.45) is 5.92 Å². The molecule has 0 saturated carbocycles. The molecule has 0 heterocycles. The van der Waals surface area contributed by atoms with Gasteiger partial charge in [0.05, 0.1) is 5.92 Å². The topological polar surface area (TPSA) is 20.2 Å². The highest BCUT2D eigenvalue weighted by molar-refractivity contribution is 5.07. The van der Waals surface area contributed by atoms with Crippen LogP contribution in [0.25, 0.3) is 0 Å². The lowest BCUT2D eigenvalue weighted by molar-refractivity contribution is -0.364. The maximum atomic E-state index is 12.9. The summed E-state index contributed by atoms with van der Waals surface area (Å²) >= 11 is 0. The Morgan fingerprint density at radius 2 is 1.25 bits per heavy atom. The summed E-state index contributed by atoms with van der Waals surface area (Å²) in [6.07, 6.45) is -14.7. The lowest BCUT2D eigenvalue weighted by Gasteiger charge is -2.36. The van der Waals surface area contributed by atoms with Crippen LogP contribution in [0.3, 0.4) is 0 Å². The number of aliphatic hydroxyl groups is 1. The van der Waals surface area contributed by atoms with Gasteiger partial charge in [0.2, 0.25) is 0 Å². The molecule has 0 aliphatic rings. The predicted molar refractivity (Wildman–Crippen MR) is 41.5 cm³/mol. The van der Waals surface area contributed by atoms with E-state index in [0.29, 0.717) is 0 Å². The average Bonchev–Trinajstić information content (AvgIpc) is 2.24. The van der Waals surface area contributed by atoms with Gasteiger partial charge in [-0.15, -0.1) is 0 Å². The van der Waals surface area contributed by atoms with Crippen molar-refractivity contribution < 1.29 is 53.4 Å². The average molecular weight is 327 g/mol. The number of hydrogen-bond donors (Lipinski definition) is 1. The van der Waals surface area contributed by atoms with E-state index >= 15 is 0 Å². The van der Waals surface area contributed by atoms with Gasteiger partial charge >= 0.3 is 30.3 Å². The summed E-state index contributed by atoms with van der Waals surface area (Å²) in [7, 11) is 0. The summed E-state index contributed by atoms with van der Waals surface area (Å²) in [6.45, 7) is -0.276. The van der Waals surface area contributed by atoms with Crippen LogP contribution in [0.1, 0.15) is 6.92 Å². The van der Waals surface area contributed by atoms with Gasteiger partial charge in [0.15, 0.2) is 6.17 Å². The number of halogens is 11. The van der Waals surface area contributed by atoms with E-state index in [-0.39, 0.29) is 6.92 Å². The van der Waals surface area contributed by atoms with Crippen molar-refractivity contribution in [2.45, 2.75) is 37.0 Å². The van der Waals surface area contributed by atoms with Gasteiger partial charge in [-0.25, -0.2) is 4.39 Å². The molecule has 1 radical (unpaired) electrons. The SMILES string of the molecule is CC(C(F)C(F)(F)C(F)(F)C(O)(F)[C](F)F)C(F)(F)F. The van der Waals surface area contributed by atoms with Crippen LogP contribution in [-0.4, -0.2) is 35.2 Å². The van der Waals surface area contributed by atoms with E-state index in [1.165, 1.54) is 0 Å². The molecule has 1 N–H and O–H groups in total. The van der Waals surface area contributed by atoms with Crippen LogP contribution in [0.5, 0.6) is 0 Å². The van der Waals surface area contributed by atoms with Crippen LogP contribution in [-0.2, 0) is 0 Å². The molecule has 0 aromatic rings. The predicted octanol–water partition coefficient (Wildman–Crippen LogP) is 3.88. The van der Waals surface area contributed by atoms with Crippen molar-refractivity contribution >= 4 is 0 Å². The first-order valence-corrected chi connectivity index (χ1v) is 4.57. The fourth-order valence-corrected chi connectivity index (χ4v) is 0.993. The van der Waals surface area contributed by atoms with Gasteiger partial charge in [-0.3, -0.25) is 0 Å². The Morgan fingerprint density at radius 3 is 1.50 bits per heavy atom. The second-order valence-corrected chi connectivity index (χ2v) is 3.81. The van der Waals surface area contributed by atoms with E-state index in [4.69, 9.17) is 5.11 Å². The first kappa shape index (κ1) is 19.2. The molecular weight excluding hydrogens is 321 g/mol. The molecule has 0 rings (SSSR count). The van der Waals surface area contributed by atoms with Crippen molar-refractivity contribution in [1.29, 1.82) is 0 Å². The largest absolute Gasteiger partial charge is 0.394 e. The molecule has 1 nitrogen and oxygen atoms in total. The smallest absolute Gasteiger partial charge is 0.352 e. The minimum Gasteiger partial charge on any atom is -0.352 e. The van der Waals surface area contributed by atoms with E-state index in [0.717, 1.165) is 0 Å². The minimum atomic E-state index is -6.82. The second kappa shape index (κ2) is 5.19.